The van der Waals surface area contributed by atoms with Gasteiger partial charge in [-0.15, -0.1) is 0 Å². The highest BCUT2D eigenvalue weighted by Gasteiger charge is 2.18. The molecule has 108 valence electrons. The molecular weight excluding hydrogens is 278 g/mol. The van der Waals surface area contributed by atoms with Gasteiger partial charge in [0.1, 0.15) is 10.9 Å². The van der Waals surface area contributed by atoms with Gasteiger partial charge in [-0.25, -0.2) is 4.98 Å². The highest BCUT2D eigenvalue weighted by Crippen LogP contribution is 2.33. The first-order chi connectivity index (χ1) is 10.0. The summed E-state index contributed by atoms with van der Waals surface area (Å²) in [5.74, 6) is 0.100. The Labute approximate surface area is 129 Å². The molecule has 1 aliphatic rings. The number of rotatable bonds is 3. The van der Waals surface area contributed by atoms with Crippen LogP contribution in [-0.2, 0) is 12.8 Å². The van der Waals surface area contributed by atoms with Crippen LogP contribution in [-0.4, -0.2) is 10.8 Å². The van der Waals surface area contributed by atoms with Crippen LogP contribution in [0.4, 0.5) is 0 Å². The Morgan fingerprint density at radius 1 is 1.19 bits per heavy atom. The molecule has 0 amide bonds. The molecule has 0 atom stereocenters. The van der Waals surface area contributed by atoms with Crippen LogP contribution in [0.3, 0.4) is 0 Å². The molecule has 0 fully saturated rings. The summed E-state index contributed by atoms with van der Waals surface area (Å²) in [6, 6.07) is 8.45. The van der Waals surface area contributed by atoms with Crippen LogP contribution < -0.4 is 5.73 Å². The minimum Gasteiger partial charge on any atom is -0.384 e. The van der Waals surface area contributed by atoms with Gasteiger partial charge in [-0.05, 0) is 68.0 Å². The lowest BCUT2D eigenvalue weighted by atomic mass is 10.1. The van der Waals surface area contributed by atoms with Crippen LogP contribution in [0.5, 0.6) is 0 Å². The molecule has 1 aromatic heterocycles. The van der Waals surface area contributed by atoms with E-state index in [1.165, 1.54) is 22.4 Å². The van der Waals surface area contributed by atoms with E-state index in [0.29, 0.717) is 0 Å². The molecule has 0 spiro atoms. The molecule has 21 heavy (non-hydrogen) atoms. The molecule has 0 bridgehead atoms. The number of amidine groups is 1. The number of aryl methyl sites for hydroxylation is 4. The predicted molar refractivity (Wildman–Crippen MR) is 87.3 cm³/mol. The third-order valence-electron chi connectivity index (χ3n) is 4.00. The molecule has 3 rings (SSSR count). The summed E-state index contributed by atoms with van der Waals surface area (Å²) in [6.07, 6.45) is 3.24. The maximum Gasteiger partial charge on any atom is 0.125 e. The van der Waals surface area contributed by atoms with E-state index in [9.17, 15) is 0 Å². The third kappa shape index (κ3) is 2.81. The fourth-order valence-electron chi connectivity index (χ4n) is 2.61. The molecule has 3 nitrogen and oxygen atoms in total. The first kappa shape index (κ1) is 14.1. The summed E-state index contributed by atoms with van der Waals surface area (Å²) < 4.78 is 0. The van der Waals surface area contributed by atoms with E-state index in [-0.39, 0.29) is 5.84 Å². The van der Waals surface area contributed by atoms with Crippen molar-refractivity contribution in [3.63, 3.8) is 0 Å². The quantitative estimate of drug-likeness (QED) is 0.672. The van der Waals surface area contributed by atoms with E-state index in [1.54, 1.807) is 11.8 Å². The molecule has 0 unspecified atom stereocenters. The van der Waals surface area contributed by atoms with E-state index in [4.69, 9.17) is 16.1 Å². The van der Waals surface area contributed by atoms with Crippen LogP contribution in [0, 0.1) is 19.3 Å². The van der Waals surface area contributed by atoms with Crippen molar-refractivity contribution in [1.82, 2.24) is 4.98 Å². The molecule has 1 aromatic carbocycles. The normalized spacial score (nSPS) is 13.2. The summed E-state index contributed by atoms with van der Waals surface area (Å²) >= 11 is 1.60. The average molecular weight is 297 g/mol. The van der Waals surface area contributed by atoms with Crippen LogP contribution in [0.15, 0.2) is 34.2 Å². The van der Waals surface area contributed by atoms with E-state index in [2.05, 4.69) is 38.1 Å². The number of nitrogens with one attached hydrogen (secondary N) is 1. The van der Waals surface area contributed by atoms with Crippen LogP contribution in [0.25, 0.3) is 0 Å². The molecule has 3 N–H and O–H groups in total. The number of nitrogens with two attached hydrogens (primary N) is 1. The highest BCUT2D eigenvalue weighted by atomic mass is 32.2. The van der Waals surface area contributed by atoms with Crippen molar-refractivity contribution >= 4 is 17.6 Å². The monoisotopic (exact) mass is 297 g/mol. The summed E-state index contributed by atoms with van der Waals surface area (Å²) in [5, 5.41) is 8.66. The standard InChI is InChI=1S/C17H19N3S/c1-10-6-7-13(8-11(10)2)21-17-14(16(18)19)9-12-4-3-5-15(12)20-17/h6-9H,3-5H2,1-2H3,(H3,18,19). The SMILES string of the molecule is Cc1ccc(Sc2nc3c(cc2C(=N)N)CCC3)cc1C. The second-order valence-corrected chi connectivity index (χ2v) is 6.62. The molecule has 0 saturated heterocycles. The maximum absolute atomic E-state index is 7.81. The number of fused-ring (bicyclic) bond motifs is 1. The van der Waals surface area contributed by atoms with Crippen molar-refractivity contribution < 1.29 is 0 Å². The highest BCUT2D eigenvalue weighted by molar-refractivity contribution is 7.99. The Morgan fingerprint density at radius 2 is 2.00 bits per heavy atom. The summed E-state index contributed by atoms with van der Waals surface area (Å²) in [5.41, 5.74) is 11.5. The van der Waals surface area contributed by atoms with Gasteiger partial charge in [0.05, 0.1) is 0 Å². The Morgan fingerprint density at radius 3 is 2.71 bits per heavy atom. The van der Waals surface area contributed by atoms with Gasteiger partial charge in [0.25, 0.3) is 0 Å². The molecule has 0 radical (unpaired) electrons. The second-order valence-electron chi connectivity index (χ2n) is 5.56. The fourth-order valence-corrected chi connectivity index (χ4v) is 3.64. The minimum atomic E-state index is 0.100. The number of pyridine rings is 1. The first-order valence-electron chi connectivity index (χ1n) is 7.17. The lowest BCUT2D eigenvalue weighted by Crippen LogP contribution is -2.14. The lowest BCUT2D eigenvalue weighted by Gasteiger charge is -2.11. The smallest absolute Gasteiger partial charge is 0.125 e. The molecule has 0 aliphatic heterocycles. The van der Waals surface area contributed by atoms with Crippen molar-refractivity contribution in [3.8, 4) is 0 Å². The number of aromatic nitrogens is 1. The van der Waals surface area contributed by atoms with E-state index in [0.717, 1.165) is 34.7 Å². The molecule has 1 aliphatic carbocycles. The first-order valence-corrected chi connectivity index (χ1v) is 7.98. The number of hydrogen-bond acceptors (Lipinski definition) is 3. The van der Waals surface area contributed by atoms with Gasteiger partial charge in [-0.2, -0.15) is 0 Å². The van der Waals surface area contributed by atoms with Gasteiger partial charge in [-0.1, -0.05) is 17.8 Å². The zero-order valence-corrected chi connectivity index (χ0v) is 13.2. The van der Waals surface area contributed by atoms with Crippen molar-refractivity contribution in [3.05, 3.63) is 52.2 Å². The van der Waals surface area contributed by atoms with Crippen molar-refractivity contribution in [1.29, 1.82) is 5.41 Å². The second kappa shape index (κ2) is 5.53. The van der Waals surface area contributed by atoms with Crippen molar-refractivity contribution in [2.24, 2.45) is 5.73 Å². The van der Waals surface area contributed by atoms with Crippen LogP contribution in [0.1, 0.15) is 34.4 Å². The number of hydrogen-bond donors (Lipinski definition) is 2. The Kier molecular flexibility index (Phi) is 3.72. The molecular formula is C17H19N3S. The number of benzene rings is 1. The molecule has 1 heterocycles. The molecule has 0 saturated carbocycles. The van der Waals surface area contributed by atoms with E-state index in [1.807, 2.05) is 0 Å². The average Bonchev–Trinajstić information content (AvgIpc) is 2.89. The minimum absolute atomic E-state index is 0.100. The van der Waals surface area contributed by atoms with E-state index >= 15 is 0 Å². The molecule has 2 aromatic rings. The topological polar surface area (TPSA) is 62.8 Å². The lowest BCUT2D eigenvalue weighted by molar-refractivity contribution is 0.891. The van der Waals surface area contributed by atoms with Crippen LogP contribution in [0.2, 0.25) is 0 Å². The molecule has 4 heteroatoms. The summed E-state index contributed by atoms with van der Waals surface area (Å²) in [4.78, 5) is 5.91. The maximum atomic E-state index is 7.81. The zero-order chi connectivity index (χ0) is 15.0. The van der Waals surface area contributed by atoms with Gasteiger partial charge in [0, 0.05) is 16.2 Å². The largest absolute Gasteiger partial charge is 0.384 e. The van der Waals surface area contributed by atoms with E-state index < -0.39 is 0 Å². The summed E-state index contributed by atoms with van der Waals surface area (Å²) in [6.45, 7) is 4.22. The third-order valence-corrected chi connectivity index (χ3v) is 4.99. The van der Waals surface area contributed by atoms with Crippen LogP contribution >= 0.6 is 11.8 Å². The fraction of sp³-hybridized carbons (Fsp3) is 0.294. The van der Waals surface area contributed by atoms with Gasteiger partial charge in [0.2, 0.25) is 0 Å². The number of nitrogens with zero attached hydrogens (tertiary/aromatic N) is 1. The predicted octanol–water partition coefficient (Wildman–Crippen LogP) is 3.62. The summed E-state index contributed by atoms with van der Waals surface area (Å²) in [7, 11) is 0. The van der Waals surface area contributed by atoms with Crippen molar-refractivity contribution in [2.45, 2.75) is 43.0 Å². The van der Waals surface area contributed by atoms with Gasteiger partial charge in [0.15, 0.2) is 0 Å². The Balaban J connectivity index is 2.01. The zero-order valence-electron chi connectivity index (χ0n) is 12.4. The van der Waals surface area contributed by atoms with Gasteiger partial charge >= 0.3 is 0 Å². The Hall–Kier alpha value is -1.81. The Bertz CT molecular complexity index is 722. The van der Waals surface area contributed by atoms with Crippen molar-refractivity contribution in [2.75, 3.05) is 0 Å². The number of nitrogen functional groups attached to an aromatic ring is 1. The van der Waals surface area contributed by atoms with Gasteiger partial charge < -0.3 is 5.73 Å². The van der Waals surface area contributed by atoms with Gasteiger partial charge in [-0.3, -0.25) is 5.41 Å².